The monoisotopic (exact) mass is 191 g/mol. The first-order chi connectivity index (χ1) is 6.93. The summed E-state index contributed by atoms with van der Waals surface area (Å²) in [6, 6.07) is 2.19. The molecule has 1 N–H and O–H groups in total. The van der Waals surface area contributed by atoms with Gasteiger partial charge in [-0.25, -0.2) is 0 Å². The molecule has 0 unspecified atom stereocenters. The minimum absolute atomic E-state index is 0.831. The van der Waals surface area contributed by atoms with Crippen molar-refractivity contribution in [2.45, 2.75) is 31.7 Å². The van der Waals surface area contributed by atoms with Crippen molar-refractivity contribution >= 4 is 0 Å². The quantitative estimate of drug-likeness (QED) is 0.779. The first-order valence-electron chi connectivity index (χ1n) is 5.66. The Balaban J connectivity index is 1.60. The molecule has 2 aliphatic rings. The molecule has 1 saturated carbocycles. The predicted molar refractivity (Wildman–Crippen MR) is 55.2 cm³/mol. The van der Waals surface area contributed by atoms with Crippen LogP contribution in [0.15, 0.2) is 12.3 Å². The van der Waals surface area contributed by atoms with E-state index in [1.165, 1.54) is 38.0 Å². The van der Waals surface area contributed by atoms with Gasteiger partial charge in [-0.2, -0.15) is 5.10 Å². The van der Waals surface area contributed by atoms with Gasteiger partial charge in [0.25, 0.3) is 0 Å². The third kappa shape index (κ3) is 1.57. The Hall–Kier alpha value is -0.830. The van der Waals surface area contributed by atoms with E-state index < -0.39 is 0 Å². The third-order valence-corrected chi connectivity index (χ3v) is 3.36. The lowest BCUT2D eigenvalue weighted by Crippen LogP contribution is -2.42. The van der Waals surface area contributed by atoms with Crippen molar-refractivity contribution in [3.8, 4) is 0 Å². The van der Waals surface area contributed by atoms with E-state index in [2.05, 4.69) is 21.2 Å². The van der Waals surface area contributed by atoms with Crippen molar-refractivity contribution in [2.24, 2.45) is 5.92 Å². The zero-order valence-corrected chi connectivity index (χ0v) is 8.45. The molecule has 1 aromatic heterocycles. The van der Waals surface area contributed by atoms with Crippen molar-refractivity contribution in [2.75, 3.05) is 13.1 Å². The van der Waals surface area contributed by atoms with Gasteiger partial charge in [-0.15, -0.1) is 0 Å². The van der Waals surface area contributed by atoms with Crippen LogP contribution < -0.4 is 5.32 Å². The van der Waals surface area contributed by atoms with E-state index in [1.807, 2.05) is 6.20 Å². The number of hydrogen-bond donors (Lipinski definition) is 1. The van der Waals surface area contributed by atoms with Gasteiger partial charge in [0.2, 0.25) is 0 Å². The molecule has 1 aromatic rings. The van der Waals surface area contributed by atoms with E-state index in [-0.39, 0.29) is 0 Å². The van der Waals surface area contributed by atoms with Gasteiger partial charge in [-0.3, -0.25) is 4.68 Å². The summed E-state index contributed by atoms with van der Waals surface area (Å²) >= 11 is 0. The lowest BCUT2D eigenvalue weighted by Gasteiger charge is -2.27. The molecule has 3 heteroatoms. The lowest BCUT2D eigenvalue weighted by molar-refractivity contribution is 0.305. The highest BCUT2D eigenvalue weighted by Crippen LogP contribution is 2.39. The van der Waals surface area contributed by atoms with Crippen molar-refractivity contribution in [3.63, 3.8) is 0 Å². The number of aromatic nitrogens is 2. The maximum atomic E-state index is 4.40. The third-order valence-electron chi connectivity index (χ3n) is 3.36. The topological polar surface area (TPSA) is 29.9 Å². The SMILES string of the molecule is c1cc(C2CC2)n(CCC2CNC2)n1. The molecule has 0 atom stereocenters. The summed E-state index contributed by atoms with van der Waals surface area (Å²) in [5.41, 5.74) is 1.47. The molecule has 0 amide bonds. The molecule has 14 heavy (non-hydrogen) atoms. The largest absolute Gasteiger partial charge is 0.316 e. The second-order valence-corrected chi connectivity index (χ2v) is 4.57. The molecule has 1 aliphatic heterocycles. The first kappa shape index (κ1) is 8.48. The molecule has 0 aromatic carbocycles. The van der Waals surface area contributed by atoms with Gasteiger partial charge in [0, 0.05) is 24.4 Å². The van der Waals surface area contributed by atoms with Gasteiger partial charge in [0.15, 0.2) is 0 Å². The van der Waals surface area contributed by atoms with E-state index in [0.29, 0.717) is 0 Å². The number of rotatable bonds is 4. The van der Waals surface area contributed by atoms with E-state index in [0.717, 1.165) is 18.4 Å². The van der Waals surface area contributed by atoms with Crippen LogP contribution in [-0.2, 0) is 6.54 Å². The second kappa shape index (κ2) is 3.39. The van der Waals surface area contributed by atoms with Crippen LogP contribution in [-0.4, -0.2) is 22.9 Å². The number of nitrogens with one attached hydrogen (secondary N) is 1. The fourth-order valence-electron chi connectivity index (χ4n) is 2.11. The van der Waals surface area contributed by atoms with Gasteiger partial charge in [0.05, 0.1) is 0 Å². The highest BCUT2D eigenvalue weighted by atomic mass is 15.3. The van der Waals surface area contributed by atoms with Crippen LogP contribution in [0.4, 0.5) is 0 Å². The van der Waals surface area contributed by atoms with E-state index in [1.54, 1.807) is 0 Å². The van der Waals surface area contributed by atoms with Gasteiger partial charge in [-0.1, -0.05) is 0 Å². The molecule has 2 heterocycles. The minimum atomic E-state index is 0.831. The van der Waals surface area contributed by atoms with Crippen LogP contribution in [0.1, 0.15) is 30.9 Å². The van der Waals surface area contributed by atoms with Crippen LogP contribution in [0.3, 0.4) is 0 Å². The van der Waals surface area contributed by atoms with Crippen LogP contribution in [0, 0.1) is 5.92 Å². The average Bonchev–Trinajstić information content (AvgIpc) is 2.85. The van der Waals surface area contributed by atoms with Gasteiger partial charge >= 0.3 is 0 Å². The first-order valence-corrected chi connectivity index (χ1v) is 5.66. The summed E-state index contributed by atoms with van der Waals surface area (Å²) in [5, 5.41) is 7.72. The number of nitrogens with zero attached hydrogens (tertiary/aromatic N) is 2. The van der Waals surface area contributed by atoms with Crippen molar-refractivity contribution in [1.29, 1.82) is 0 Å². The van der Waals surface area contributed by atoms with Crippen LogP contribution in [0.5, 0.6) is 0 Å². The Morgan fingerprint density at radius 2 is 2.29 bits per heavy atom. The molecular weight excluding hydrogens is 174 g/mol. The Morgan fingerprint density at radius 3 is 2.93 bits per heavy atom. The molecule has 76 valence electrons. The highest BCUT2D eigenvalue weighted by Gasteiger charge is 2.27. The summed E-state index contributed by atoms with van der Waals surface area (Å²) in [6.07, 6.45) is 5.98. The Morgan fingerprint density at radius 1 is 1.43 bits per heavy atom. The summed E-state index contributed by atoms with van der Waals surface area (Å²) in [7, 11) is 0. The zero-order valence-electron chi connectivity index (χ0n) is 8.45. The molecule has 1 aliphatic carbocycles. The Bertz CT molecular complexity index is 310. The van der Waals surface area contributed by atoms with Gasteiger partial charge in [0.1, 0.15) is 0 Å². The summed E-state index contributed by atoms with van der Waals surface area (Å²) in [6.45, 7) is 3.53. The summed E-state index contributed by atoms with van der Waals surface area (Å²) in [4.78, 5) is 0. The van der Waals surface area contributed by atoms with Crippen LogP contribution in [0.25, 0.3) is 0 Å². The Kier molecular flexibility index (Phi) is 2.05. The van der Waals surface area contributed by atoms with Crippen LogP contribution in [0.2, 0.25) is 0 Å². The van der Waals surface area contributed by atoms with Crippen molar-refractivity contribution < 1.29 is 0 Å². The second-order valence-electron chi connectivity index (χ2n) is 4.57. The fourth-order valence-corrected chi connectivity index (χ4v) is 2.11. The van der Waals surface area contributed by atoms with Gasteiger partial charge < -0.3 is 5.32 Å². The minimum Gasteiger partial charge on any atom is -0.316 e. The van der Waals surface area contributed by atoms with Gasteiger partial charge in [-0.05, 0) is 44.3 Å². The fraction of sp³-hybridized carbons (Fsp3) is 0.727. The maximum absolute atomic E-state index is 4.40. The molecule has 0 bridgehead atoms. The molecule has 3 rings (SSSR count). The van der Waals surface area contributed by atoms with E-state index in [9.17, 15) is 0 Å². The van der Waals surface area contributed by atoms with E-state index in [4.69, 9.17) is 0 Å². The molecule has 3 nitrogen and oxygen atoms in total. The average molecular weight is 191 g/mol. The summed E-state index contributed by atoms with van der Waals surface area (Å²) in [5.74, 6) is 1.73. The molecule has 2 fully saturated rings. The maximum Gasteiger partial charge on any atom is 0.0492 e. The normalized spacial score (nSPS) is 22.3. The Labute approximate surface area is 84.5 Å². The number of hydrogen-bond acceptors (Lipinski definition) is 2. The molecular formula is C11H17N3. The summed E-state index contributed by atoms with van der Waals surface area (Å²) < 4.78 is 2.22. The molecule has 1 saturated heterocycles. The van der Waals surface area contributed by atoms with Crippen molar-refractivity contribution in [1.82, 2.24) is 15.1 Å². The molecule has 0 spiro atoms. The lowest BCUT2D eigenvalue weighted by atomic mass is 10.00. The smallest absolute Gasteiger partial charge is 0.0492 e. The highest BCUT2D eigenvalue weighted by molar-refractivity contribution is 5.13. The zero-order chi connectivity index (χ0) is 9.38. The van der Waals surface area contributed by atoms with E-state index >= 15 is 0 Å². The predicted octanol–water partition coefficient (Wildman–Crippen LogP) is 1.37. The van der Waals surface area contributed by atoms with Crippen molar-refractivity contribution in [3.05, 3.63) is 18.0 Å². The standard InChI is InChI=1S/C11H17N3/c1-2-10(1)11-3-5-13-14(11)6-4-9-7-12-8-9/h3,5,9-10,12H,1-2,4,6-8H2. The number of aryl methyl sites for hydroxylation is 1. The molecule has 0 radical (unpaired) electrons. The van der Waals surface area contributed by atoms with Crippen LogP contribution >= 0.6 is 0 Å².